The molecule has 0 aliphatic heterocycles. The molecule has 3 aromatic rings. The summed E-state index contributed by atoms with van der Waals surface area (Å²) in [7, 11) is 1.37. The summed E-state index contributed by atoms with van der Waals surface area (Å²) in [6.45, 7) is 0. The highest BCUT2D eigenvalue weighted by Crippen LogP contribution is 2.34. The number of rotatable bonds is 7. The lowest BCUT2D eigenvalue weighted by Crippen LogP contribution is -2.11. The summed E-state index contributed by atoms with van der Waals surface area (Å²) >= 11 is 1.47. The average Bonchev–Trinajstić information content (AvgIpc) is 3.09. The van der Waals surface area contributed by atoms with Crippen molar-refractivity contribution in [3.05, 3.63) is 71.9 Å². The van der Waals surface area contributed by atoms with Crippen LogP contribution in [0.1, 0.15) is 27.6 Å². The first-order valence-electron chi connectivity index (χ1n) is 8.04. The number of methoxy groups -OCH3 is 1. The zero-order valence-electron chi connectivity index (χ0n) is 13.9. The number of H-pyrrole nitrogens is 1. The molecule has 0 aliphatic rings. The standard InChI is InChI=1S/C20H19NO3S/c1-24-18(22)11-12-25-20(14-7-3-2-4-8-14)19(23)16-13-21-17-10-6-5-9-15(16)17/h2-10,13,20-21H,11-12H2,1H3. The first-order valence-corrected chi connectivity index (χ1v) is 9.09. The SMILES string of the molecule is COC(=O)CCSC(C(=O)c1c[nH]c2ccccc12)c1ccccc1. The highest BCUT2D eigenvalue weighted by atomic mass is 32.2. The van der Waals surface area contributed by atoms with Crippen LogP contribution in [0.25, 0.3) is 10.9 Å². The van der Waals surface area contributed by atoms with Gasteiger partial charge in [0.25, 0.3) is 0 Å². The number of hydrogen-bond acceptors (Lipinski definition) is 4. The van der Waals surface area contributed by atoms with Crippen molar-refractivity contribution in [1.82, 2.24) is 4.98 Å². The maximum Gasteiger partial charge on any atom is 0.306 e. The number of carbonyl (C=O) groups is 2. The lowest BCUT2D eigenvalue weighted by Gasteiger charge is -2.15. The number of esters is 1. The second-order valence-corrected chi connectivity index (χ2v) is 6.81. The van der Waals surface area contributed by atoms with Crippen LogP contribution in [0.3, 0.4) is 0 Å². The maximum atomic E-state index is 13.2. The molecule has 25 heavy (non-hydrogen) atoms. The zero-order chi connectivity index (χ0) is 17.6. The molecule has 3 rings (SSSR count). The highest BCUT2D eigenvalue weighted by molar-refractivity contribution is 8.00. The Morgan fingerprint density at radius 3 is 2.56 bits per heavy atom. The molecule has 2 aromatic carbocycles. The summed E-state index contributed by atoms with van der Waals surface area (Å²) < 4.78 is 4.69. The molecule has 0 saturated carbocycles. The van der Waals surface area contributed by atoms with E-state index >= 15 is 0 Å². The van der Waals surface area contributed by atoms with Crippen LogP contribution >= 0.6 is 11.8 Å². The summed E-state index contributed by atoms with van der Waals surface area (Å²) in [5.41, 5.74) is 2.56. The first kappa shape index (κ1) is 17.3. The van der Waals surface area contributed by atoms with E-state index in [4.69, 9.17) is 0 Å². The summed E-state index contributed by atoms with van der Waals surface area (Å²) in [6.07, 6.45) is 2.05. The Bertz CT molecular complexity index is 873. The van der Waals surface area contributed by atoms with E-state index in [2.05, 4.69) is 9.72 Å². The van der Waals surface area contributed by atoms with Crippen LogP contribution in [0.2, 0.25) is 0 Å². The number of carbonyl (C=O) groups excluding carboxylic acids is 2. The van der Waals surface area contributed by atoms with E-state index < -0.39 is 0 Å². The van der Waals surface area contributed by atoms with Gasteiger partial charge < -0.3 is 9.72 Å². The van der Waals surface area contributed by atoms with E-state index in [1.807, 2.05) is 54.6 Å². The molecule has 1 heterocycles. The van der Waals surface area contributed by atoms with Gasteiger partial charge in [-0.2, -0.15) is 0 Å². The lowest BCUT2D eigenvalue weighted by atomic mass is 10.0. The van der Waals surface area contributed by atoms with E-state index in [0.717, 1.165) is 16.5 Å². The molecule has 0 spiro atoms. The predicted octanol–water partition coefficient (Wildman–Crippen LogP) is 4.39. The summed E-state index contributed by atoms with van der Waals surface area (Å²) in [5.74, 6) is 0.303. The molecule has 1 aromatic heterocycles. The Labute approximate surface area is 150 Å². The predicted molar refractivity (Wildman–Crippen MR) is 101 cm³/mol. The largest absolute Gasteiger partial charge is 0.469 e. The van der Waals surface area contributed by atoms with E-state index in [9.17, 15) is 9.59 Å². The van der Waals surface area contributed by atoms with Gasteiger partial charge in [-0.3, -0.25) is 9.59 Å². The van der Waals surface area contributed by atoms with Crippen LogP contribution in [0.4, 0.5) is 0 Å². The van der Waals surface area contributed by atoms with Gasteiger partial charge in [-0.1, -0.05) is 48.5 Å². The molecular formula is C20H19NO3S. The molecular weight excluding hydrogens is 334 g/mol. The van der Waals surface area contributed by atoms with Crippen molar-refractivity contribution in [2.75, 3.05) is 12.9 Å². The maximum absolute atomic E-state index is 13.2. The Morgan fingerprint density at radius 1 is 1.08 bits per heavy atom. The third kappa shape index (κ3) is 3.94. The molecule has 0 radical (unpaired) electrons. The second kappa shape index (κ2) is 8.03. The second-order valence-electron chi connectivity index (χ2n) is 5.60. The molecule has 1 unspecified atom stereocenters. The Balaban J connectivity index is 1.88. The molecule has 1 atom stereocenters. The van der Waals surface area contributed by atoms with Gasteiger partial charge in [0.1, 0.15) is 0 Å². The summed E-state index contributed by atoms with van der Waals surface area (Å²) in [4.78, 5) is 27.7. The zero-order valence-corrected chi connectivity index (χ0v) is 14.7. The van der Waals surface area contributed by atoms with Gasteiger partial charge in [0, 0.05) is 28.4 Å². The number of fused-ring (bicyclic) bond motifs is 1. The lowest BCUT2D eigenvalue weighted by molar-refractivity contribution is -0.140. The minimum absolute atomic E-state index is 0.0403. The van der Waals surface area contributed by atoms with E-state index in [1.165, 1.54) is 18.9 Å². The summed E-state index contributed by atoms with van der Waals surface area (Å²) in [6, 6.07) is 17.4. The number of ketones is 1. The number of benzene rings is 2. The van der Waals surface area contributed by atoms with Crippen molar-refractivity contribution >= 4 is 34.4 Å². The number of Topliss-reactive ketones (excluding diaryl/α,β-unsaturated/α-hetero) is 1. The van der Waals surface area contributed by atoms with Gasteiger partial charge >= 0.3 is 5.97 Å². The number of ether oxygens (including phenoxy) is 1. The van der Waals surface area contributed by atoms with E-state index in [-0.39, 0.29) is 23.4 Å². The van der Waals surface area contributed by atoms with E-state index in [1.54, 1.807) is 6.20 Å². The van der Waals surface area contributed by atoms with Crippen LogP contribution < -0.4 is 0 Å². The number of nitrogens with one attached hydrogen (secondary N) is 1. The third-order valence-electron chi connectivity index (χ3n) is 4.01. The number of aromatic amines is 1. The highest BCUT2D eigenvalue weighted by Gasteiger charge is 2.25. The van der Waals surface area contributed by atoms with Gasteiger partial charge in [0.2, 0.25) is 0 Å². The van der Waals surface area contributed by atoms with Crippen molar-refractivity contribution < 1.29 is 14.3 Å². The Morgan fingerprint density at radius 2 is 1.80 bits per heavy atom. The number of aromatic nitrogens is 1. The molecule has 0 saturated heterocycles. The fourth-order valence-corrected chi connectivity index (χ4v) is 3.88. The molecule has 0 fully saturated rings. The Hall–Kier alpha value is -2.53. The van der Waals surface area contributed by atoms with Crippen molar-refractivity contribution in [3.8, 4) is 0 Å². The van der Waals surface area contributed by atoms with Crippen LogP contribution in [0, 0.1) is 0 Å². The number of para-hydroxylation sites is 1. The van der Waals surface area contributed by atoms with Crippen LogP contribution in [0.5, 0.6) is 0 Å². The minimum Gasteiger partial charge on any atom is -0.469 e. The molecule has 4 nitrogen and oxygen atoms in total. The topological polar surface area (TPSA) is 59.2 Å². The van der Waals surface area contributed by atoms with Crippen LogP contribution in [0.15, 0.2) is 60.8 Å². The first-order chi connectivity index (χ1) is 12.2. The third-order valence-corrected chi connectivity index (χ3v) is 5.27. The monoisotopic (exact) mass is 353 g/mol. The average molecular weight is 353 g/mol. The quantitative estimate of drug-likeness (QED) is 0.505. The molecule has 5 heteroatoms. The minimum atomic E-state index is -0.356. The van der Waals surface area contributed by atoms with Crippen molar-refractivity contribution in [2.24, 2.45) is 0 Å². The van der Waals surface area contributed by atoms with Crippen molar-refractivity contribution in [2.45, 2.75) is 11.7 Å². The van der Waals surface area contributed by atoms with Crippen LogP contribution in [-0.4, -0.2) is 29.6 Å². The Kier molecular flexibility index (Phi) is 5.56. The number of hydrogen-bond donors (Lipinski definition) is 1. The molecule has 1 N–H and O–H groups in total. The fourth-order valence-electron chi connectivity index (χ4n) is 2.73. The number of thioether (sulfide) groups is 1. The molecule has 0 bridgehead atoms. The van der Waals surface area contributed by atoms with Gasteiger partial charge in [-0.05, 0) is 11.6 Å². The van der Waals surface area contributed by atoms with Gasteiger partial charge in [-0.25, -0.2) is 0 Å². The van der Waals surface area contributed by atoms with Gasteiger partial charge in [0.05, 0.1) is 18.8 Å². The molecule has 0 aliphatic carbocycles. The smallest absolute Gasteiger partial charge is 0.306 e. The van der Waals surface area contributed by atoms with Crippen molar-refractivity contribution in [1.29, 1.82) is 0 Å². The van der Waals surface area contributed by atoms with E-state index in [0.29, 0.717) is 11.3 Å². The fraction of sp³-hybridized carbons (Fsp3) is 0.200. The van der Waals surface area contributed by atoms with Gasteiger partial charge in [-0.15, -0.1) is 11.8 Å². The van der Waals surface area contributed by atoms with Crippen molar-refractivity contribution in [3.63, 3.8) is 0 Å². The molecule has 0 amide bonds. The molecule has 128 valence electrons. The summed E-state index contributed by atoms with van der Waals surface area (Å²) in [5, 5.41) is 0.562. The van der Waals surface area contributed by atoms with Crippen LogP contribution in [-0.2, 0) is 9.53 Å². The normalized spacial score (nSPS) is 12.0. The van der Waals surface area contributed by atoms with Gasteiger partial charge in [0.15, 0.2) is 5.78 Å².